The summed E-state index contributed by atoms with van der Waals surface area (Å²) in [4.78, 5) is 2.03. The molecule has 1 spiro atoms. The highest BCUT2D eigenvalue weighted by Crippen LogP contribution is 2.36. The van der Waals surface area contributed by atoms with Crippen LogP contribution in [-0.4, -0.2) is 37.2 Å². The summed E-state index contributed by atoms with van der Waals surface area (Å²) >= 11 is 0. The Morgan fingerprint density at radius 1 is 1.17 bits per heavy atom. The summed E-state index contributed by atoms with van der Waals surface area (Å²) in [6.45, 7) is 2.78. The van der Waals surface area contributed by atoms with Crippen LogP contribution < -0.4 is 4.90 Å². The molecule has 2 aliphatic rings. The molecule has 0 amide bonds. The van der Waals surface area contributed by atoms with Crippen molar-refractivity contribution in [3.05, 3.63) is 24.0 Å². The first-order chi connectivity index (χ1) is 8.69. The van der Waals surface area contributed by atoms with Gasteiger partial charge in [0.1, 0.15) is 11.6 Å². The van der Waals surface area contributed by atoms with Gasteiger partial charge in [-0.1, -0.05) is 0 Å². The van der Waals surface area contributed by atoms with E-state index in [1.807, 2.05) is 4.90 Å². The second-order valence-corrected chi connectivity index (χ2v) is 4.73. The van der Waals surface area contributed by atoms with Crippen molar-refractivity contribution in [2.45, 2.75) is 18.6 Å². The third kappa shape index (κ3) is 2.04. The van der Waals surface area contributed by atoms with Crippen LogP contribution in [0.15, 0.2) is 18.2 Å². The van der Waals surface area contributed by atoms with Crippen LogP contribution in [0.2, 0.25) is 0 Å². The number of anilines is 1. The number of phenols is 1. The molecule has 2 fully saturated rings. The first-order valence-corrected chi connectivity index (χ1v) is 6.20. The first kappa shape index (κ1) is 11.7. The average Bonchev–Trinajstić information content (AvgIpc) is 2.80. The lowest BCUT2D eigenvalue weighted by molar-refractivity contribution is -0.169. The van der Waals surface area contributed by atoms with Crippen LogP contribution >= 0.6 is 0 Å². The van der Waals surface area contributed by atoms with Crippen molar-refractivity contribution in [2.24, 2.45) is 0 Å². The average molecular weight is 253 g/mol. The molecule has 0 aliphatic carbocycles. The topological polar surface area (TPSA) is 41.9 Å². The lowest BCUT2D eigenvalue weighted by Crippen LogP contribution is -2.45. The van der Waals surface area contributed by atoms with Crippen LogP contribution in [0.4, 0.5) is 10.1 Å². The van der Waals surface area contributed by atoms with Gasteiger partial charge in [-0.15, -0.1) is 0 Å². The minimum Gasteiger partial charge on any atom is -0.506 e. The predicted octanol–water partition coefficient (Wildman–Crippen LogP) is 1.87. The van der Waals surface area contributed by atoms with Gasteiger partial charge < -0.3 is 19.5 Å². The van der Waals surface area contributed by atoms with E-state index in [0.717, 1.165) is 32.0 Å². The van der Waals surface area contributed by atoms with Gasteiger partial charge in [0.15, 0.2) is 5.79 Å². The van der Waals surface area contributed by atoms with Crippen LogP contribution in [0.1, 0.15) is 12.8 Å². The number of phenolic OH excluding ortho intramolecular Hbond substituents is 1. The van der Waals surface area contributed by atoms with Gasteiger partial charge in [0.25, 0.3) is 0 Å². The summed E-state index contributed by atoms with van der Waals surface area (Å²) in [5.74, 6) is -0.863. The molecular formula is C13H16FNO3. The van der Waals surface area contributed by atoms with Gasteiger partial charge in [0, 0.05) is 32.0 Å². The molecule has 0 atom stereocenters. The Bertz CT molecular complexity index is 436. The summed E-state index contributed by atoms with van der Waals surface area (Å²) < 4.78 is 24.2. The number of ether oxygens (including phenoxy) is 2. The second-order valence-electron chi connectivity index (χ2n) is 4.73. The third-order valence-electron chi connectivity index (χ3n) is 3.62. The molecule has 18 heavy (non-hydrogen) atoms. The predicted molar refractivity (Wildman–Crippen MR) is 64.1 cm³/mol. The fourth-order valence-corrected chi connectivity index (χ4v) is 2.64. The van der Waals surface area contributed by atoms with E-state index in [4.69, 9.17) is 9.47 Å². The highest BCUT2D eigenvalue weighted by atomic mass is 19.1. The van der Waals surface area contributed by atoms with E-state index in [2.05, 4.69) is 0 Å². The monoisotopic (exact) mass is 253 g/mol. The van der Waals surface area contributed by atoms with E-state index in [0.29, 0.717) is 18.9 Å². The molecule has 0 radical (unpaired) electrons. The largest absolute Gasteiger partial charge is 0.506 e. The smallest absolute Gasteiger partial charge is 0.171 e. The van der Waals surface area contributed by atoms with Crippen LogP contribution in [0.5, 0.6) is 5.75 Å². The van der Waals surface area contributed by atoms with Gasteiger partial charge in [-0.25, -0.2) is 4.39 Å². The molecule has 0 bridgehead atoms. The van der Waals surface area contributed by atoms with Crippen molar-refractivity contribution in [1.82, 2.24) is 0 Å². The van der Waals surface area contributed by atoms with Gasteiger partial charge >= 0.3 is 0 Å². The van der Waals surface area contributed by atoms with Gasteiger partial charge in [0.05, 0.1) is 18.9 Å². The molecule has 2 aliphatic heterocycles. The van der Waals surface area contributed by atoms with Gasteiger partial charge in [-0.3, -0.25) is 0 Å². The molecule has 0 saturated carbocycles. The molecule has 3 rings (SSSR count). The Morgan fingerprint density at radius 3 is 2.44 bits per heavy atom. The number of rotatable bonds is 1. The molecule has 1 N–H and O–H groups in total. The van der Waals surface area contributed by atoms with Crippen molar-refractivity contribution in [3.8, 4) is 5.75 Å². The lowest BCUT2D eigenvalue weighted by atomic mass is 10.0. The summed E-state index contributed by atoms with van der Waals surface area (Å²) in [5, 5.41) is 9.76. The molecule has 1 aromatic carbocycles. The Balaban J connectivity index is 1.72. The van der Waals surface area contributed by atoms with Crippen molar-refractivity contribution in [1.29, 1.82) is 0 Å². The van der Waals surface area contributed by atoms with Crippen molar-refractivity contribution >= 4 is 5.69 Å². The van der Waals surface area contributed by atoms with E-state index in [-0.39, 0.29) is 5.75 Å². The quantitative estimate of drug-likeness (QED) is 0.829. The second kappa shape index (κ2) is 4.40. The molecule has 2 heterocycles. The summed E-state index contributed by atoms with van der Waals surface area (Å²) in [7, 11) is 0. The number of piperidine rings is 1. The highest BCUT2D eigenvalue weighted by Gasteiger charge is 2.40. The molecule has 0 aromatic heterocycles. The molecule has 98 valence electrons. The number of nitrogens with zero attached hydrogens (tertiary/aromatic N) is 1. The van der Waals surface area contributed by atoms with Crippen molar-refractivity contribution in [3.63, 3.8) is 0 Å². The Kier molecular flexibility index (Phi) is 2.87. The molecular weight excluding hydrogens is 237 g/mol. The van der Waals surface area contributed by atoms with Gasteiger partial charge in [0.2, 0.25) is 0 Å². The number of benzene rings is 1. The van der Waals surface area contributed by atoms with Crippen molar-refractivity contribution < 1.29 is 19.0 Å². The molecule has 4 nitrogen and oxygen atoms in total. The normalized spacial score (nSPS) is 22.6. The van der Waals surface area contributed by atoms with Crippen LogP contribution in [-0.2, 0) is 9.47 Å². The SMILES string of the molecule is Oc1cc(F)ccc1N1CCC2(CC1)OCCO2. The number of aromatic hydroxyl groups is 1. The van der Waals surface area contributed by atoms with Gasteiger partial charge in [-0.05, 0) is 12.1 Å². The van der Waals surface area contributed by atoms with Crippen LogP contribution in [0.25, 0.3) is 0 Å². The zero-order valence-corrected chi connectivity index (χ0v) is 10.1. The molecule has 5 heteroatoms. The first-order valence-electron chi connectivity index (χ1n) is 6.20. The molecule has 0 unspecified atom stereocenters. The Labute approximate surface area is 105 Å². The summed E-state index contributed by atoms with van der Waals surface area (Å²) in [6, 6.07) is 4.11. The Morgan fingerprint density at radius 2 is 1.83 bits per heavy atom. The van der Waals surface area contributed by atoms with E-state index >= 15 is 0 Å². The third-order valence-corrected chi connectivity index (χ3v) is 3.62. The van der Waals surface area contributed by atoms with Gasteiger partial charge in [-0.2, -0.15) is 0 Å². The van der Waals surface area contributed by atoms with Crippen molar-refractivity contribution in [2.75, 3.05) is 31.2 Å². The Hall–Kier alpha value is -1.33. The van der Waals surface area contributed by atoms with E-state index < -0.39 is 11.6 Å². The standard InChI is InChI=1S/C13H16FNO3/c14-10-1-2-11(12(16)9-10)15-5-3-13(4-6-15)17-7-8-18-13/h1-2,9,16H,3-8H2. The minimum absolute atomic E-state index is 0.0146. The maximum absolute atomic E-state index is 12.9. The number of hydrogen-bond donors (Lipinski definition) is 1. The molecule has 1 aromatic rings. The summed E-state index contributed by atoms with van der Waals surface area (Å²) in [6.07, 6.45) is 1.54. The van der Waals surface area contributed by atoms with Crippen LogP contribution in [0.3, 0.4) is 0 Å². The van der Waals surface area contributed by atoms with Crippen LogP contribution in [0, 0.1) is 5.82 Å². The minimum atomic E-state index is -0.424. The number of hydrogen-bond acceptors (Lipinski definition) is 4. The fraction of sp³-hybridized carbons (Fsp3) is 0.538. The maximum Gasteiger partial charge on any atom is 0.171 e. The zero-order chi connectivity index (χ0) is 12.6. The fourth-order valence-electron chi connectivity index (χ4n) is 2.64. The number of halogens is 1. The van der Waals surface area contributed by atoms with E-state index in [1.54, 1.807) is 6.07 Å². The maximum atomic E-state index is 12.9. The highest BCUT2D eigenvalue weighted by molar-refractivity contribution is 5.58. The zero-order valence-electron chi connectivity index (χ0n) is 10.1. The molecule has 2 saturated heterocycles. The van der Waals surface area contributed by atoms with E-state index in [1.165, 1.54) is 6.07 Å². The lowest BCUT2D eigenvalue weighted by Gasteiger charge is -2.38. The summed E-state index contributed by atoms with van der Waals surface area (Å²) in [5.41, 5.74) is 0.671. The van der Waals surface area contributed by atoms with E-state index in [9.17, 15) is 9.50 Å².